The summed E-state index contributed by atoms with van der Waals surface area (Å²) in [5.74, 6) is 0.851. The molecule has 0 fully saturated rings. The molecule has 0 bridgehead atoms. The Labute approximate surface area is 158 Å². The molecule has 0 radical (unpaired) electrons. The number of hydrogen-bond acceptors (Lipinski definition) is 2. The van der Waals surface area contributed by atoms with E-state index in [4.69, 9.17) is 11.6 Å². The van der Waals surface area contributed by atoms with Gasteiger partial charge in [0, 0.05) is 23.0 Å². The predicted octanol–water partition coefficient (Wildman–Crippen LogP) is 4.32. The second kappa shape index (κ2) is 10.9. The first-order valence-corrected chi connectivity index (χ1v) is 8.32. The third kappa shape index (κ3) is 6.98. The summed E-state index contributed by atoms with van der Waals surface area (Å²) in [4.78, 5) is 5.97. The number of nitrogens with one attached hydrogen (secondary N) is 2. The Balaban J connectivity index is 0.00000242. The summed E-state index contributed by atoms with van der Waals surface area (Å²) in [5, 5.41) is 9.48. The lowest BCUT2D eigenvalue weighted by Crippen LogP contribution is -2.38. The Morgan fingerprint density at radius 3 is 2.59 bits per heavy atom. The van der Waals surface area contributed by atoms with E-state index in [0.717, 1.165) is 36.1 Å². The fourth-order valence-electron chi connectivity index (χ4n) is 1.86. The van der Waals surface area contributed by atoms with E-state index in [1.54, 1.807) is 11.3 Å². The SMILES string of the molecule is CCNC(=NCc1ccc(Cl)cc1)NCCc1cccs1.I. The second-order valence-electron chi connectivity index (χ2n) is 4.58. The number of benzene rings is 1. The Morgan fingerprint density at radius 1 is 1.18 bits per heavy atom. The highest BCUT2D eigenvalue weighted by Crippen LogP contribution is 2.10. The van der Waals surface area contributed by atoms with Crippen LogP contribution >= 0.6 is 46.9 Å². The first kappa shape index (κ1) is 19.3. The van der Waals surface area contributed by atoms with Gasteiger partial charge in [0.1, 0.15) is 0 Å². The summed E-state index contributed by atoms with van der Waals surface area (Å²) in [7, 11) is 0. The van der Waals surface area contributed by atoms with Crippen LogP contribution in [0.5, 0.6) is 0 Å². The maximum Gasteiger partial charge on any atom is 0.191 e. The van der Waals surface area contributed by atoms with Crippen molar-refractivity contribution in [2.75, 3.05) is 13.1 Å². The molecule has 0 aliphatic carbocycles. The van der Waals surface area contributed by atoms with Gasteiger partial charge >= 0.3 is 0 Å². The molecule has 0 amide bonds. The normalized spacial score (nSPS) is 10.9. The topological polar surface area (TPSA) is 36.4 Å². The van der Waals surface area contributed by atoms with Crippen LogP contribution in [0.15, 0.2) is 46.8 Å². The number of thiophene rings is 1. The van der Waals surface area contributed by atoms with Crippen LogP contribution in [0.2, 0.25) is 5.02 Å². The van der Waals surface area contributed by atoms with Crippen molar-refractivity contribution in [1.29, 1.82) is 0 Å². The molecule has 1 heterocycles. The van der Waals surface area contributed by atoms with Gasteiger partial charge in [-0.1, -0.05) is 29.8 Å². The highest BCUT2D eigenvalue weighted by molar-refractivity contribution is 14.0. The van der Waals surface area contributed by atoms with Gasteiger partial charge in [0.05, 0.1) is 6.54 Å². The van der Waals surface area contributed by atoms with Crippen molar-refractivity contribution in [3.05, 3.63) is 57.2 Å². The standard InChI is InChI=1S/C16H20ClN3S.HI/c1-2-18-16(19-10-9-15-4-3-11-21-15)20-12-13-5-7-14(17)8-6-13;/h3-8,11H,2,9-10,12H2,1H3,(H2,18,19,20);1H. The molecule has 1 aromatic heterocycles. The van der Waals surface area contributed by atoms with E-state index in [-0.39, 0.29) is 24.0 Å². The zero-order chi connectivity index (χ0) is 14.9. The zero-order valence-electron chi connectivity index (χ0n) is 12.5. The third-order valence-electron chi connectivity index (χ3n) is 2.92. The molecule has 6 heteroatoms. The smallest absolute Gasteiger partial charge is 0.191 e. The second-order valence-corrected chi connectivity index (χ2v) is 6.05. The van der Waals surface area contributed by atoms with E-state index >= 15 is 0 Å². The summed E-state index contributed by atoms with van der Waals surface area (Å²) in [6.07, 6.45) is 1.02. The number of nitrogens with zero attached hydrogens (tertiary/aromatic N) is 1. The minimum atomic E-state index is 0. The van der Waals surface area contributed by atoms with E-state index in [0.29, 0.717) is 6.54 Å². The van der Waals surface area contributed by atoms with Crippen molar-refractivity contribution in [2.24, 2.45) is 4.99 Å². The first-order valence-electron chi connectivity index (χ1n) is 7.07. The van der Waals surface area contributed by atoms with E-state index in [2.05, 4.69) is 40.1 Å². The lowest BCUT2D eigenvalue weighted by Gasteiger charge is -2.10. The van der Waals surface area contributed by atoms with E-state index in [1.807, 2.05) is 24.3 Å². The molecule has 0 aliphatic heterocycles. The summed E-state index contributed by atoms with van der Waals surface area (Å²) in [6.45, 7) is 4.45. The predicted molar refractivity (Wildman–Crippen MR) is 108 cm³/mol. The van der Waals surface area contributed by atoms with Crippen LogP contribution in [0.1, 0.15) is 17.4 Å². The molecule has 0 unspecified atom stereocenters. The van der Waals surface area contributed by atoms with Crippen LogP contribution in [0, 0.1) is 0 Å². The fourth-order valence-corrected chi connectivity index (χ4v) is 2.70. The van der Waals surface area contributed by atoms with E-state index in [1.165, 1.54) is 4.88 Å². The molecule has 2 rings (SSSR count). The highest BCUT2D eigenvalue weighted by atomic mass is 127. The van der Waals surface area contributed by atoms with Gasteiger partial charge in [-0.3, -0.25) is 0 Å². The van der Waals surface area contributed by atoms with Gasteiger partial charge in [-0.15, -0.1) is 35.3 Å². The van der Waals surface area contributed by atoms with Crippen molar-refractivity contribution >= 4 is 52.9 Å². The molecule has 0 saturated carbocycles. The van der Waals surface area contributed by atoms with Crippen molar-refractivity contribution in [2.45, 2.75) is 19.9 Å². The molecule has 120 valence electrons. The molecular formula is C16H21ClIN3S. The van der Waals surface area contributed by atoms with Gasteiger partial charge in [0.2, 0.25) is 0 Å². The molecule has 0 aliphatic rings. The van der Waals surface area contributed by atoms with Crippen LogP contribution in [0.25, 0.3) is 0 Å². The maximum absolute atomic E-state index is 5.88. The van der Waals surface area contributed by atoms with Crippen LogP contribution in [0.3, 0.4) is 0 Å². The molecule has 22 heavy (non-hydrogen) atoms. The Bertz CT molecular complexity index is 555. The van der Waals surface area contributed by atoms with Crippen molar-refractivity contribution in [3.63, 3.8) is 0 Å². The van der Waals surface area contributed by atoms with E-state index < -0.39 is 0 Å². The Morgan fingerprint density at radius 2 is 1.95 bits per heavy atom. The van der Waals surface area contributed by atoms with Crippen LogP contribution in [-0.2, 0) is 13.0 Å². The zero-order valence-corrected chi connectivity index (χ0v) is 16.4. The summed E-state index contributed by atoms with van der Waals surface area (Å²) in [6, 6.07) is 12.0. The Hall–Kier alpha value is -0.790. The average molecular weight is 450 g/mol. The Kier molecular flexibility index (Phi) is 9.50. The van der Waals surface area contributed by atoms with Gasteiger partial charge in [0.25, 0.3) is 0 Å². The van der Waals surface area contributed by atoms with Gasteiger partial charge in [-0.2, -0.15) is 0 Å². The lowest BCUT2D eigenvalue weighted by molar-refractivity contribution is 0.804. The largest absolute Gasteiger partial charge is 0.357 e. The summed E-state index contributed by atoms with van der Waals surface area (Å²) >= 11 is 7.67. The summed E-state index contributed by atoms with van der Waals surface area (Å²) in [5.41, 5.74) is 1.15. The first-order chi connectivity index (χ1) is 10.3. The average Bonchev–Trinajstić information content (AvgIpc) is 3.00. The lowest BCUT2D eigenvalue weighted by atomic mass is 10.2. The number of halogens is 2. The monoisotopic (exact) mass is 449 g/mol. The van der Waals surface area contributed by atoms with Gasteiger partial charge in [0.15, 0.2) is 5.96 Å². The molecule has 0 spiro atoms. The number of rotatable bonds is 6. The summed E-state index contributed by atoms with van der Waals surface area (Å²) < 4.78 is 0. The van der Waals surface area contributed by atoms with Crippen LogP contribution < -0.4 is 10.6 Å². The third-order valence-corrected chi connectivity index (χ3v) is 4.11. The molecule has 3 nitrogen and oxygen atoms in total. The van der Waals surface area contributed by atoms with E-state index in [9.17, 15) is 0 Å². The quantitative estimate of drug-likeness (QED) is 0.391. The van der Waals surface area contributed by atoms with Crippen molar-refractivity contribution in [1.82, 2.24) is 10.6 Å². The molecular weight excluding hydrogens is 429 g/mol. The van der Waals surface area contributed by atoms with Crippen molar-refractivity contribution < 1.29 is 0 Å². The minimum Gasteiger partial charge on any atom is -0.357 e. The minimum absolute atomic E-state index is 0. The molecule has 0 saturated heterocycles. The number of guanidine groups is 1. The molecule has 0 atom stereocenters. The van der Waals surface area contributed by atoms with Gasteiger partial charge in [-0.25, -0.2) is 4.99 Å². The molecule has 2 N–H and O–H groups in total. The van der Waals surface area contributed by atoms with Gasteiger partial charge in [-0.05, 0) is 42.5 Å². The fraction of sp³-hybridized carbons (Fsp3) is 0.312. The van der Waals surface area contributed by atoms with Crippen molar-refractivity contribution in [3.8, 4) is 0 Å². The van der Waals surface area contributed by atoms with Crippen LogP contribution in [0.4, 0.5) is 0 Å². The van der Waals surface area contributed by atoms with Gasteiger partial charge < -0.3 is 10.6 Å². The highest BCUT2D eigenvalue weighted by Gasteiger charge is 1.99. The van der Waals surface area contributed by atoms with Crippen LogP contribution in [-0.4, -0.2) is 19.0 Å². The molecule has 1 aromatic carbocycles. The number of hydrogen-bond donors (Lipinski definition) is 2. The number of aliphatic imine (C=N–C) groups is 1. The molecule has 2 aromatic rings. The maximum atomic E-state index is 5.88.